The fraction of sp³-hybridized carbons (Fsp3) is 1.00. The van der Waals surface area contributed by atoms with Gasteiger partial charge in [-0.1, -0.05) is 13.3 Å². The topological polar surface area (TPSA) is 18.5 Å². The van der Waals surface area contributed by atoms with Crippen LogP contribution < -0.4 is 0 Å². The molecule has 1 fully saturated rings. The minimum Gasteiger partial charge on any atom is -0.388 e. The highest BCUT2D eigenvalue weighted by Crippen LogP contribution is 2.24. The second-order valence-corrected chi connectivity index (χ2v) is 3.32. The van der Waals surface area contributed by atoms with Crippen molar-refractivity contribution in [3.8, 4) is 0 Å². The van der Waals surface area contributed by atoms with Crippen LogP contribution in [0.15, 0.2) is 0 Å². The molecule has 0 aromatic carbocycles. The Morgan fingerprint density at radius 2 is 2.45 bits per heavy atom. The lowest BCUT2D eigenvalue weighted by atomic mass is 9.90. The van der Waals surface area contributed by atoms with E-state index in [-0.39, 0.29) is 6.00 Å². The summed E-state index contributed by atoms with van der Waals surface area (Å²) in [5, 5.41) is 0. The molecule has 0 radical (unpaired) electrons. The highest BCUT2D eigenvalue weighted by molar-refractivity contribution is 6.11. The molecule has 2 nitrogen and oxygen atoms in total. The molecule has 11 heavy (non-hydrogen) atoms. The van der Waals surface area contributed by atoms with E-state index >= 15 is 0 Å². The zero-order valence-electron chi connectivity index (χ0n) is 7.67. The van der Waals surface area contributed by atoms with E-state index < -0.39 is 0 Å². The molecule has 1 aliphatic heterocycles. The van der Waals surface area contributed by atoms with Crippen LogP contribution in [0.25, 0.3) is 0 Å². The number of hydrogen-bond donors (Lipinski definition) is 0. The van der Waals surface area contributed by atoms with E-state index in [4.69, 9.17) is 9.47 Å². The highest BCUT2D eigenvalue weighted by atomic mass is 16.5. The van der Waals surface area contributed by atoms with E-state index in [0.717, 1.165) is 12.5 Å². The molecule has 64 valence electrons. The average Bonchev–Trinajstić information content (AvgIpc) is 2.50. The number of methoxy groups -OCH3 is 1. The van der Waals surface area contributed by atoms with E-state index in [1.54, 1.807) is 7.11 Å². The summed E-state index contributed by atoms with van der Waals surface area (Å²) in [5.74, 6) is 0.762. The van der Waals surface area contributed by atoms with Crippen molar-refractivity contribution in [2.24, 2.45) is 5.92 Å². The van der Waals surface area contributed by atoms with Gasteiger partial charge in [0.25, 0.3) is 0 Å². The van der Waals surface area contributed by atoms with Gasteiger partial charge in [0.15, 0.2) is 0 Å². The van der Waals surface area contributed by atoms with Crippen molar-refractivity contribution in [3.63, 3.8) is 0 Å². The first kappa shape index (κ1) is 9.08. The van der Waals surface area contributed by atoms with Crippen LogP contribution in [0.2, 0.25) is 0 Å². The predicted octanol–water partition coefficient (Wildman–Crippen LogP) is 0.407. The number of hydrogen-bond acceptors (Lipinski definition) is 2. The van der Waals surface area contributed by atoms with Gasteiger partial charge in [-0.3, -0.25) is 0 Å². The molecule has 1 unspecified atom stereocenters. The molecule has 0 saturated carbocycles. The molecule has 1 rings (SSSR count). The standard InChI is InChI=1S/C8H17BO2/c1-3-6-4-7(11-5-6)8(9)10-2/h6-8H,3-5,9H2,1-2H3/t6-,7?,8-/m1/s1. The van der Waals surface area contributed by atoms with Gasteiger partial charge >= 0.3 is 0 Å². The maximum Gasteiger partial charge on any atom is 0.142 e. The van der Waals surface area contributed by atoms with Gasteiger partial charge in [0, 0.05) is 19.7 Å². The van der Waals surface area contributed by atoms with Crippen LogP contribution in [-0.4, -0.2) is 33.7 Å². The maximum atomic E-state index is 5.58. The van der Waals surface area contributed by atoms with Gasteiger partial charge in [0.1, 0.15) is 7.85 Å². The van der Waals surface area contributed by atoms with E-state index in [0.29, 0.717) is 6.10 Å². The summed E-state index contributed by atoms with van der Waals surface area (Å²) in [7, 11) is 3.82. The van der Waals surface area contributed by atoms with Gasteiger partial charge in [0.05, 0.1) is 6.10 Å². The van der Waals surface area contributed by atoms with Crippen LogP contribution in [0.1, 0.15) is 19.8 Å². The average molecular weight is 156 g/mol. The van der Waals surface area contributed by atoms with Crippen molar-refractivity contribution in [2.45, 2.75) is 31.9 Å². The van der Waals surface area contributed by atoms with Crippen molar-refractivity contribution >= 4 is 7.85 Å². The molecule has 1 aliphatic rings. The van der Waals surface area contributed by atoms with Crippen molar-refractivity contribution in [1.82, 2.24) is 0 Å². The Kier molecular flexibility index (Phi) is 3.40. The molecule has 1 saturated heterocycles. The molecular formula is C8H17BO2. The van der Waals surface area contributed by atoms with Gasteiger partial charge in [-0.2, -0.15) is 0 Å². The van der Waals surface area contributed by atoms with Crippen molar-refractivity contribution in [2.75, 3.05) is 13.7 Å². The van der Waals surface area contributed by atoms with E-state index in [9.17, 15) is 0 Å². The Labute approximate surface area is 69.7 Å². The third kappa shape index (κ3) is 2.21. The van der Waals surface area contributed by atoms with Crippen molar-refractivity contribution < 1.29 is 9.47 Å². The van der Waals surface area contributed by atoms with Gasteiger partial charge in [-0.25, -0.2) is 0 Å². The first-order valence-electron chi connectivity index (χ1n) is 4.42. The van der Waals surface area contributed by atoms with Crippen molar-refractivity contribution in [1.29, 1.82) is 0 Å². The van der Waals surface area contributed by atoms with Crippen molar-refractivity contribution in [3.05, 3.63) is 0 Å². The molecule has 0 aliphatic carbocycles. The lowest BCUT2D eigenvalue weighted by Crippen LogP contribution is -2.27. The smallest absolute Gasteiger partial charge is 0.142 e. The number of rotatable bonds is 3. The Morgan fingerprint density at radius 3 is 2.91 bits per heavy atom. The molecule has 0 aromatic rings. The van der Waals surface area contributed by atoms with Gasteiger partial charge in [-0.05, 0) is 12.3 Å². The van der Waals surface area contributed by atoms with Gasteiger partial charge in [-0.15, -0.1) is 0 Å². The highest BCUT2D eigenvalue weighted by Gasteiger charge is 2.28. The normalized spacial score (nSPS) is 34.0. The fourth-order valence-corrected chi connectivity index (χ4v) is 1.49. The third-order valence-corrected chi connectivity index (χ3v) is 2.58. The molecule has 0 amide bonds. The first-order chi connectivity index (χ1) is 5.27. The molecule has 0 spiro atoms. The maximum absolute atomic E-state index is 5.58. The summed E-state index contributed by atoms with van der Waals surface area (Å²) < 4.78 is 10.8. The summed E-state index contributed by atoms with van der Waals surface area (Å²) in [6.45, 7) is 3.14. The lowest BCUT2D eigenvalue weighted by Gasteiger charge is -2.16. The Hall–Kier alpha value is -0.0151. The van der Waals surface area contributed by atoms with E-state index in [2.05, 4.69) is 14.8 Å². The number of ether oxygens (including phenoxy) is 2. The summed E-state index contributed by atoms with van der Waals surface area (Å²) in [6, 6.07) is 0.256. The van der Waals surface area contributed by atoms with E-state index in [1.165, 1.54) is 12.8 Å². The van der Waals surface area contributed by atoms with Crippen LogP contribution in [-0.2, 0) is 9.47 Å². The van der Waals surface area contributed by atoms with Crippen LogP contribution in [0.5, 0.6) is 0 Å². The molecule has 0 bridgehead atoms. The van der Waals surface area contributed by atoms with Gasteiger partial charge in [0.2, 0.25) is 0 Å². The quantitative estimate of drug-likeness (QED) is 0.551. The SMILES string of the molecule is B[C@H](OC)C1C[C@@H](CC)CO1. The molecule has 3 atom stereocenters. The summed E-state index contributed by atoms with van der Waals surface area (Å²) >= 11 is 0. The first-order valence-corrected chi connectivity index (χ1v) is 4.42. The van der Waals surface area contributed by atoms with Crippen LogP contribution in [0, 0.1) is 5.92 Å². The fourth-order valence-electron chi connectivity index (χ4n) is 1.49. The second kappa shape index (κ2) is 4.12. The minimum atomic E-state index is 0.256. The van der Waals surface area contributed by atoms with Crippen LogP contribution >= 0.6 is 0 Å². The Balaban J connectivity index is 2.29. The molecule has 0 N–H and O–H groups in total. The Morgan fingerprint density at radius 1 is 1.73 bits per heavy atom. The molecule has 1 heterocycles. The molecule has 3 heteroatoms. The summed E-state index contributed by atoms with van der Waals surface area (Å²) in [4.78, 5) is 0. The zero-order chi connectivity index (χ0) is 8.27. The monoisotopic (exact) mass is 156 g/mol. The van der Waals surface area contributed by atoms with Crippen LogP contribution in [0.3, 0.4) is 0 Å². The molecular weight excluding hydrogens is 139 g/mol. The largest absolute Gasteiger partial charge is 0.388 e. The third-order valence-electron chi connectivity index (χ3n) is 2.58. The van der Waals surface area contributed by atoms with E-state index in [1.807, 2.05) is 0 Å². The second-order valence-electron chi connectivity index (χ2n) is 3.32. The van der Waals surface area contributed by atoms with Gasteiger partial charge < -0.3 is 9.47 Å². The Bertz CT molecular complexity index is 119. The summed E-state index contributed by atoms with van der Waals surface area (Å²) in [5.41, 5.74) is 0. The molecule has 0 aromatic heterocycles. The predicted molar refractivity (Wildman–Crippen MR) is 47.5 cm³/mol. The van der Waals surface area contributed by atoms with Crippen LogP contribution in [0.4, 0.5) is 0 Å². The minimum absolute atomic E-state index is 0.256. The lowest BCUT2D eigenvalue weighted by molar-refractivity contribution is 0.0143. The summed E-state index contributed by atoms with van der Waals surface area (Å²) in [6.07, 6.45) is 2.74. The zero-order valence-corrected chi connectivity index (χ0v) is 7.67.